The highest BCUT2D eigenvalue weighted by molar-refractivity contribution is 6.30. The highest BCUT2D eigenvalue weighted by Gasteiger charge is 2.34. The number of imidazole rings is 1. The fourth-order valence-electron chi connectivity index (χ4n) is 3.80. The predicted molar refractivity (Wildman–Crippen MR) is 132 cm³/mol. The van der Waals surface area contributed by atoms with Gasteiger partial charge in [-0.3, -0.25) is 14.4 Å². The maximum atomic E-state index is 12.5. The minimum Gasteiger partial charge on any atom is -0.484 e. The Hall–Kier alpha value is -3.85. The highest BCUT2D eigenvalue weighted by Crippen LogP contribution is 2.27. The predicted octanol–water partition coefficient (Wildman–Crippen LogP) is 3.11. The first-order chi connectivity index (χ1) is 17.0. The summed E-state index contributed by atoms with van der Waals surface area (Å²) in [5, 5.41) is 6.16. The average Bonchev–Trinajstić information content (AvgIpc) is 3.50. The summed E-state index contributed by atoms with van der Waals surface area (Å²) in [5.74, 6) is -0.420. The van der Waals surface area contributed by atoms with E-state index in [2.05, 4.69) is 15.6 Å². The fraction of sp³-hybridized carbons (Fsp3) is 0.280. The largest absolute Gasteiger partial charge is 0.484 e. The van der Waals surface area contributed by atoms with Crippen molar-refractivity contribution in [2.24, 2.45) is 5.92 Å². The van der Waals surface area contributed by atoms with Crippen LogP contribution in [0.4, 0.5) is 11.4 Å². The van der Waals surface area contributed by atoms with E-state index in [0.717, 1.165) is 13.0 Å². The van der Waals surface area contributed by atoms with Crippen LogP contribution in [0.2, 0.25) is 5.02 Å². The third-order valence-electron chi connectivity index (χ3n) is 5.57. The van der Waals surface area contributed by atoms with Crippen molar-refractivity contribution in [3.8, 4) is 5.75 Å². The number of benzene rings is 2. The summed E-state index contributed by atoms with van der Waals surface area (Å²) < 4.78 is 7.49. The molecular formula is C25H26ClN5O4. The molecule has 0 spiro atoms. The van der Waals surface area contributed by atoms with Crippen molar-refractivity contribution in [1.82, 2.24) is 14.9 Å². The number of amides is 3. The maximum absolute atomic E-state index is 12.5. The molecule has 4 rings (SSSR count). The molecule has 2 heterocycles. The Morgan fingerprint density at radius 1 is 1.17 bits per heavy atom. The SMILES string of the molecule is O=C(COc1ccc(N2C[C@H](C(=O)NCCCn3ccnc3)CC2=O)cc1)Nc1cccc(Cl)c1. The summed E-state index contributed by atoms with van der Waals surface area (Å²) in [6.07, 6.45) is 6.29. The molecule has 1 aliphatic heterocycles. The molecule has 0 bridgehead atoms. The van der Waals surface area contributed by atoms with Crippen LogP contribution in [-0.2, 0) is 20.9 Å². The Morgan fingerprint density at radius 3 is 2.74 bits per heavy atom. The molecular weight excluding hydrogens is 470 g/mol. The zero-order valence-corrected chi connectivity index (χ0v) is 19.8. The van der Waals surface area contributed by atoms with Gasteiger partial charge in [-0.15, -0.1) is 0 Å². The molecule has 1 fully saturated rings. The Balaban J connectivity index is 1.22. The number of carbonyl (C=O) groups excluding carboxylic acids is 3. The highest BCUT2D eigenvalue weighted by atomic mass is 35.5. The number of carbonyl (C=O) groups is 3. The van der Waals surface area contributed by atoms with Crippen LogP contribution in [0.1, 0.15) is 12.8 Å². The van der Waals surface area contributed by atoms with Gasteiger partial charge in [0.1, 0.15) is 5.75 Å². The van der Waals surface area contributed by atoms with Gasteiger partial charge in [-0.25, -0.2) is 4.98 Å². The summed E-state index contributed by atoms with van der Waals surface area (Å²) >= 11 is 5.92. The number of nitrogens with zero attached hydrogens (tertiary/aromatic N) is 3. The van der Waals surface area contributed by atoms with Crippen LogP contribution in [-0.4, -0.2) is 47.0 Å². The molecule has 10 heteroatoms. The zero-order chi connectivity index (χ0) is 24.6. The quantitative estimate of drug-likeness (QED) is 0.420. The van der Waals surface area contributed by atoms with Crippen LogP contribution in [0.25, 0.3) is 0 Å². The van der Waals surface area contributed by atoms with Crippen LogP contribution in [0.5, 0.6) is 5.75 Å². The third-order valence-corrected chi connectivity index (χ3v) is 5.81. The minimum absolute atomic E-state index is 0.0990. The van der Waals surface area contributed by atoms with E-state index < -0.39 is 0 Å². The molecule has 0 radical (unpaired) electrons. The van der Waals surface area contributed by atoms with E-state index in [9.17, 15) is 14.4 Å². The lowest BCUT2D eigenvalue weighted by Gasteiger charge is -2.17. The molecule has 1 saturated heterocycles. The van der Waals surface area contributed by atoms with Crippen LogP contribution in [0.3, 0.4) is 0 Å². The monoisotopic (exact) mass is 495 g/mol. The number of ether oxygens (including phenoxy) is 1. The number of nitrogens with one attached hydrogen (secondary N) is 2. The van der Waals surface area contributed by atoms with E-state index in [1.807, 2.05) is 10.8 Å². The van der Waals surface area contributed by atoms with Gasteiger partial charge in [0.15, 0.2) is 6.61 Å². The van der Waals surface area contributed by atoms with Crippen molar-refractivity contribution in [2.45, 2.75) is 19.4 Å². The first-order valence-electron chi connectivity index (χ1n) is 11.3. The van der Waals surface area contributed by atoms with Crippen LogP contribution >= 0.6 is 11.6 Å². The van der Waals surface area contributed by atoms with Crippen molar-refractivity contribution in [1.29, 1.82) is 0 Å². The summed E-state index contributed by atoms with van der Waals surface area (Å²) in [7, 11) is 0. The van der Waals surface area contributed by atoms with Crippen molar-refractivity contribution < 1.29 is 19.1 Å². The number of rotatable bonds is 10. The summed E-state index contributed by atoms with van der Waals surface area (Å²) in [6, 6.07) is 13.7. The number of hydrogen-bond acceptors (Lipinski definition) is 5. The second-order valence-electron chi connectivity index (χ2n) is 8.19. The minimum atomic E-state index is -0.387. The first kappa shape index (κ1) is 24.3. The Bertz CT molecular complexity index is 1170. The lowest BCUT2D eigenvalue weighted by molar-refractivity contribution is -0.126. The molecule has 9 nitrogen and oxygen atoms in total. The Morgan fingerprint density at radius 2 is 2.00 bits per heavy atom. The molecule has 3 aromatic rings. The van der Waals surface area contributed by atoms with Gasteiger partial charge in [0.05, 0.1) is 12.2 Å². The van der Waals surface area contributed by atoms with E-state index in [1.165, 1.54) is 0 Å². The number of aryl methyl sites for hydroxylation is 1. The molecule has 2 N–H and O–H groups in total. The van der Waals surface area contributed by atoms with Gasteiger partial charge in [0, 0.05) is 54.8 Å². The van der Waals surface area contributed by atoms with Crippen molar-refractivity contribution in [2.75, 3.05) is 29.9 Å². The normalized spacial score (nSPS) is 15.2. The lowest BCUT2D eigenvalue weighted by atomic mass is 10.1. The van der Waals surface area contributed by atoms with Crippen molar-refractivity contribution >= 4 is 40.7 Å². The number of halogens is 1. The van der Waals surface area contributed by atoms with Crippen LogP contribution in [0, 0.1) is 5.92 Å². The van der Waals surface area contributed by atoms with Crippen LogP contribution in [0.15, 0.2) is 67.3 Å². The number of hydrogen-bond donors (Lipinski definition) is 2. The van der Waals surface area contributed by atoms with Crippen LogP contribution < -0.4 is 20.3 Å². The molecule has 0 saturated carbocycles. The van der Waals surface area contributed by atoms with E-state index in [0.29, 0.717) is 35.2 Å². The topological polar surface area (TPSA) is 106 Å². The average molecular weight is 496 g/mol. The van der Waals surface area contributed by atoms with Gasteiger partial charge in [0.2, 0.25) is 11.8 Å². The van der Waals surface area contributed by atoms with Gasteiger partial charge < -0.3 is 24.8 Å². The zero-order valence-electron chi connectivity index (χ0n) is 19.0. The maximum Gasteiger partial charge on any atom is 0.262 e. The Kier molecular flexibility index (Phi) is 7.99. The summed E-state index contributed by atoms with van der Waals surface area (Å²) in [4.78, 5) is 42.7. The second kappa shape index (κ2) is 11.5. The standard InChI is InChI=1S/C25H26ClN5O4/c26-19-3-1-4-20(14-19)29-23(32)16-35-22-7-5-21(6-8-22)31-15-18(13-24(31)33)25(34)28-9-2-11-30-12-10-27-17-30/h1,3-8,10,12,14,17-18H,2,9,11,13,15-16H2,(H,28,34)(H,29,32)/t18-/m1/s1. The molecule has 35 heavy (non-hydrogen) atoms. The summed E-state index contributed by atoms with van der Waals surface area (Å²) in [5.41, 5.74) is 1.27. The van der Waals surface area contributed by atoms with Crippen molar-refractivity contribution in [3.05, 3.63) is 72.3 Å². The van der Waals surface area contributed by atoms with E-state index in [-0.39, 0.29) is 36.7 Å². The molecule has 2 aromatic carbocycles. The summed E-state index contributed by atoms with van der Waals surface area (Å²) in [6.45, 7) is 1.47. The van der Waals surface area contributed by atoms with Gasteiger partial charge in [-0.2, -0.15) is 0 Å². The molecule has 0 unspecified atom stereocenters. The van der Waals surface area contributed by atoms with E-state index in [1.54, 1.807) is 66.0 Å². The van der Waals surface area contributed by atoms with E-state index in [4.69, 9.17) is 16.3 Å². The molecule has 1 aliphatic rings. The fourth-order valence-corrected chi connectivity index (χ4v) is 3.99. The first-order valence-corrected chi connectivity index (χ1v) is 11.7. The molecule has 0 aliphatic carbocycles. The van der Waals surface area contributed by atoms with Gasteiger partial charge in [-0.05, 0) is 48.9 Å². The van der Waals surface area contributed by atoms with Gasteiger partial charge in [0.25, 0.3) is 5.91 Å². The van der Waals surface area contributed by atoms with Gasteiger partial charge in [-0.1, -0.05) is 17.7 Å². The number of aromatic nitrogens is 2. The second-order valence-corrected chi connectivity index (χ2v) is 8.63. The molecule has 3 amide bonds. The Labute approximate surface area is 208 Å². The van der Waals surface area contributed by atoms with Gasteiger partial charge >= 0.3 is 0 Å². The lowest BCUT2D eigenvalue weighted by Crippen LogP contribution is -2.33. The molecule has 182 valence electrons. The smallest absolute Gasteiger partial charge is 0.262 e. The van der Waals surface area contributed by atoms with E-state index >= 15 is 0 Å². The molecule has 1 atom stereocenters. The third kappa shape index (κ3) is 6.83. The molecule has 1 aromatic heterocycles. The van der Waals surface area contributed by atoms with Crippen molar-refractivity contribution in [3.63, 3.8) is 0 Å². The number of anilines is 2.